The van der Waals surface area contributed by atoms with Crippen molar-refractivity contribution in [2.24, 2.45) is 0 Å². The second-order valence-corrected chi connectivity index (χ2v) is 9.27. The highest BCUT2D eigenvalue weighted by atomic mass is 16.6. The first-order chi connectivity index (χ1) is 18.8. The van der Waals surface area contributed by atoms with Crippen molar-refractivity contribution in [2.45, 2.75) is 104 Å². The summed E-state index contributed by atoms with van der Waals surface area (Å²) < 4.78 is 5.74. The minimum Gasteiger partial charge on any atom is -0.446 e. The minimum absolute atomic E-state index is 0.0145. The van der Waals surface area contributed by atoms with Crippen LogP contribution in [0.5, 0.6) is 0 Å². The molecule has 1 aliphatic heterocycles. The van der Waals surface area contributed by atoms with Crippen molar-refractivity contribution in [3.8, 4) is 11.1 Å². The second kappa shape index (κ2) is 22.3. The Bertz CT molecular complexity index is 848. The Morgan fingerprint density at radius 3 is 2.00 bits per heavy atom. The van der Waals surface area contributed by atoms with E-state index in [9.17, 15) is 9.59 Å². The molecule has 1 fully saturated rings. The maximum absolute atomic E-state index is 12.6. The zero-order chi connectivity index (χ0) is 27.8. The van der Waals surface area contributed by atoms with Gasteiger partial charge in [-0.3, -0.25) is 5.32 Å². The highest BCUT2D eigenvalue weighted by molar-refractivity contribution is 5.91. The van der Waals surface area contributed by atoms with Crippen LogP contribution in [-0.2, 0) is 9.53 Å². The third kappa shape index (κ3) is 13.8. The normalized spacial score (nSPS) is 13.4. The number of nitrogens with zero attached hydrogens (tertiary/aromatic N) is 1. The summed E-state index contributed by atoms with van der Waals surface area (Å²) in [7, 11) is 0. The molecule has 0 aromatic heterocycles. The van der Waals surface area contributed by atoms with Crippen LogP contribution in [0.4, 0.5) is 10.5 Å². The van der Waals surface area contributed by atoms with Gasteiger partial charge in [-0.25, -0.2) is 4.79 Å². The largest absolute Gasteiger partial charge is 0.446 e. The van der Waals surface area contributed by atoms with Crippen LogP contribution in [0.25, 0.3) is 11.1 Å². The van der Waals surface area contributed by atoms with Crippen molar-refractivity contribution in [3.05, 3.63) is 54.6 Å². The Balaban J connectivity index is 0.00000172. The Hall–Kier alpha value is -2.66. The van der Waals surface area contributed by atoms with E-state index in [2.05, 4.69) is 10.2 Å². The molecule has 0 unspecified atom stereocenters. The monoisotopic (exact) mass is 524 g/mol. The predicted octanol–water partition coefficient (Wildman–Crippen LogP) is 9.13. The highest BCUT2D eigenvalue weighted by Gasteiger charge is 2.22. The number of piperidine rings is 1. The van der Waals surface area contributed by atoms with Crippen molar-refractivity contribution in [3.63, 3.8) is 0 Å². The molecule has 2 aromatic rings. The summed E-state index contributed by atoms with van der Waals surface area (Å²) in [6, 6.07) is 17.9. The van der Waals surface area contributed by atoms with E-state index in [1.165, 1.54) is 44.9 Å². The topological polar surface area (TPSA) is 58.6 Å². The summed E-state index contributed by atoms with van der Waals surface area (Å²) >= 11 is 0. The molecule has 2 aromatic carbocycles. The Kier molecular flexibility index (Phi) is 19.6. The van der Waals surface area contributed by atoms with E-state index in [0.717, 1.165) is 62.0 Å². The molecule has 3 rings (SSSR count). The van der Waals surface area contributed by atoms with E-state index in [1.54, 1.807) is 0 Å². The van der Waals surface area contributed by atoms with Crippen LogP contribution in [0.3, 0.4) is 0 Å². The van der Waals surface area contributed by atoms with Crippen LogP contribution in [0.1, 0.15) is 98.3 Å². The van der Waals surface area contributed by atoms with Crippen LogP contribution in [0, 0.1) is 0 Å². The maximum atomic E-state index is 12.6. The summed E-state index contributed by atoms with van der Waals surface area (Å²) in [5.41, 5.74) is 2.84. The smallest absolute Gasteiger partial charge is 0.411 e. The number of carbonyl (C=O) groups is 2. The first-order valence-electron chi connectivity index (χ1n) is 15.0. The number of likely N-dealkylation sites (tertiary alicyclic amines) is 1. The molecule has 1 amide bonds. The first-order valence-corrected chi connectivity index (χ1v) is 15.0. The van der Waals surface area contributed by atoms with Crippen molar-refractivity contribution in [1.29, 1.82) is 0 Å². The lowest BCUT2D eigenvalue weighted by Gasteiger charge is -2.31. The molecule has 0 atom stereocenters. The fourth-order valence-corrected chi connectivity index (χ4v) is 4.63. The number of anilines is 1. The van der Waals surface area contributed by atoms with Gasteiger partial charge in [0.05, 0.1) is 5.69 Å². The standard InChI is InChI=1S/C29H40N2O3.2C2H6/c32-24-14-7-5-3-1-2-4-6-13-21-31-22-19-26(20-23-31)34-29(33)30-28-18-12-11-17-27(28)25-15-9-8-10-16-25;2*1-2/h8-12,15-18,24,26H,1-7,13-14,19-23H2,(H,30,33);2*1-2H3. The molecular weight excluding hydrogens is 472 g/mol. The van der Waals surface area contributed by atoms with Gasteiger partial charge in [0, 0.05) is 25.1 Å². The lowest BCUT2D eigenvalue weighted by Crippen LogP contribution is -2.38. The lowest BCUT2D eigenvalue weighted by molar-refractivity contribution is -0.107. The van der Waals surface area contributed by atoms with E-state index in [4.69, 9.17) is 4.74 Å². The third-order valence-electron chi connectivity index (χ3n) is 6.60. The van der Waals surface area contributed by atoms with E-state index < -0.39 is 0 Å². The molecule has 0 aliphatic carbocycles. The van der Waals surface area contributed by atoms with Crippen LogP contribution < -0.4 is 5.32 Å². The lowest BCUT2D eigenvalue weighted by atomic mass is 10.0. The summed E-state index contributed by atoms with van der Waals surface area (Å²) in [4.78, 5) is 25.4. The molecule has 0 spiro atoms. The van der Waals surface area contributed by atoms with Gasteiger partial charge in [-0.15, -0.1) is 0 Å². The quantitative estimate of drug-likeness (QED) is 0.198. The summed E-state index contributed by atoms with van der Waals surface area (Å²) in [6.45, 7) is 11.1. The number of ether oxygens (including phenoxy) is 1. The van der Waals surface area contributed by atoms with E-state index >= 15 is 0 Å². The Labute approximate surface area is 232 Å². The van der Waals surface area contributed by atoms with Crippen LogP contribution in [-0.4, -0.2) is 43.0 Å². The Morgan fingerprint density at radius 2 is 1.37 bits per heavy atom. The SMILES string of the molecule is CC.CC.O=CCCCCCCCCCCN1CCC(OC(=O)Nc2ccccc2-c2ccccc2)CC1. The predicted molar refractivity (Wildman–Crippen MR) is 162 cm³/mol. The van der Waals surface area contributed by atoms with Crippen LogP contribution >= 0.6 is 0 Å². The number of benzene rings is 2. The van der Waals surface area contributed by atoms with Gasteiger partial charge in [-0.05, 0) is 43.9 Å². The van der Waals surface area contributed by atoms with Gasteiger partial charge in [0.25, 0.3) is 0 Å². The number of nitrogens with one attached hydrogen (secondary N) is 1. The first kappa shape index (κ1) is 33.4. The molecule has 1 N–H and O–H groups in total. The third-order valence-corrected chi connectivity index (χ3v) is 6.60. The molecular formula is C33H52N2O3. The molecule has 1 aliphatic rings. The molecule has 0 radical (unpaired) electrons. The summed E-state index contributed by atoms with van der Waals surface area (Å²) in [5, 5.41) is 2.95. The zero-order valence-corrected chi connectivity index (χ0v) is 24.4. The number of carbonyl (C=O) groups excluding carboxylic acids is 2. The van der Waals surface area contributed by atoms with Crippen molar-refractivity contribution >= 4 is 18.1 Å². The summed E-state index contributed by atoms with van der Waals surface area (Å²) in [6.07, 6.45) is 13.1. The average molecular weight is 525 g/mol. The van der Waals surface area contributed by atoms with Gasteiger partial charge in [0.1, 0.15) is 12.4 Å². The number of aldehydes is 1. The number of hydrogen-bond donors (Lipinski definition) is 1. The zero-order valence-electron chi connectivity index (χ0n) is 24.4. The molecule has 0 bridgehead atoms. The van der Waals surface area contributed by atoms with Crippen molar-refractivity contribution in [1.82, 2.24) is 4.90 Å². The van der Waals surface area contributed by atoms with E-state index in [1.807, 2.05) is 82.3 Å². The van der Waals surface area contributed by atoms with Gasteiger partial charge in [0.2, 0.25) is 0 Å². The van der Waals surface area contributed by atoms with Crippen LogP contribution in [0.2, 0.25) is 0 Å². The van der Waals surface area contributed by atoms with Gasteiger partial charge < -0.3 is 14.4 Å². The van der Waals surface area contributed by atoms with Gasteiger partial charge in [0.15, 0.2) is 0 Å². The van der Waals surface area contributed by atoms with E-state index in [-0.39, 0.29) is 12.2 Å². The molecule has 212 valence electrons. The second-order valence-electron chi connectivity index (χ2n) is 9.27. The molecule has 1 saturated heterocycles. The average Bonchev–Trinajstić information content (AvgIpc) is 2.98. The molecule has 5 heteroatoms. The van der Waals surface area contributed by atoms with Crippen molar-refractivity contribution < 1.29 is 14.3 Å². The van der Waals surface area contributed by atoms with Crippen molar-refractivity contribution in [2.75, 3.05) is 25.0 Å². The number of hydrogen-bond acceptors (Lipinski definition) is 4. The number of para-hydroxylation sites is 1. The van der Waals surface area contributed by atoms with Crippen LogP contribution in [0.15, 0.2) is 54.6 Å². The van der Waals surface area contributed by atoms with Gasteiger partial charge in [-0.1, -0.05) is 115 Å². The van der Waals surface area contributed by atoms with E-state index in [0.29, 0.717) is 6.42 Å². The number of unbranched alkanes of at least 4 members (excludes halogenated alkanes) is 8. The molecule has 38 heavy (non-hydrogen) atoms. The molecule has 5 nitrogen and oxygen atoms in total. The van der Waals surface area contributed by atoms with Gasteiger partial charge in [-0.2, -0.15) is 0 Å². The minimum atomic E-state index is -0.368. The number of amides is 1. The number of rotatable bonds is 14. The fourth-order valence-electron chi connectivity index (χ4n) is 4.63. The van der Waals surface area contributed by atoms with Gasteiger partial charge >= 0.3 is 6.09 Å². The Morgan fingerprint density at radius 1 is 0.816 bits per heavy atom. The summed E-state index contributed by atoms with van der Waals surface area (Å²) in [5.74, 6) is 0. The molecule has 0 saturated carbocycles. The maximum Gasteiger partial charge on any atom is 0.411 e. The highest BCUT2D eigenvalue weighted by Crippen LogP contribution is 2.28. The molecule has 1 heterocycles. The fraction of sp³-hybridized carbons (Fsp3) is 0.576.